The Bertz CT molecular complexity index is 783. The normalized spacial score (nSPS) is 17.2. The fourth-order valence-corrected chi connectivity index (χ4v) is 3.86. The van der Waals surface area contributed by atoms with Crippen LogP contribution < -0.4 is 4.74 Å². The SMILES string of the molecule is CCOc1ccc(C2SCC(=O)N2Cc2ccc(F)c(F)c2F)cc1. The van der Waals surface area contributed by atoms with Crippen molar-refractivity contribution in [3.8, 4) is 5.75 Å². The number of carbonyl (C=O) groups is 1. The van der Waals surface area contributed by atoms with Gasteiger partial charge in [0.1, 0.15) is 11.1 Å². The van der Waals surface area contributed by atoms with Crippen LogP contribution in [0.3, 0.4) is 0 Å². The lowest BCUT2D eigenvalue weighted by atomic mass is 10.1. The van der Waals surface area contributed by atoms with Gasteiger partial charge in [-0.1, -0.05) is 18.2 Å². The number of ether oxygens (including phenoxy) is 1. The zero-order valence-electron chi connectivity index (χ0n) is 13.5. The number of amides is 1. The minimum atomic E-state index is -1.52. The fraction of sp³-hybridized carbons (Fsp3) is 0.278. The predicted molar refractivity (Wildman–Crippen MR) is 89.7 cm³/mol. The topological polar surface area (TPSA) is 29.5 Å². The number of benzene rings is 2. The number of halogens is 3. The Kier molecular flexibility index (Phi) is 5.22. The van der Waals surface area contributed by atoms with Gasteiger partial charge in [0.15, 0.2) is 17.5 Å². The standard InChI is InChI=1S/C18H16F3NO2S/c1-2-24-13-6-3-11(4-7-13)18-22(15(23)10-25-18)9-12-5-8-14(19)17(21)16(12)20/h3-8,18H,2,9-10H2,1H3. The van der Waals surface area contributed by atoms with E-state index in [-0.39, 0.29) is 29.1 Å². The molecule has 1 atom stereocenters. The van der Waals surface area contributed by atoms with Crippen LogP contribution in [0.15, 0.2) is 36.4 Å². The molecule has 2 aromatic carbocycles. The minimum absolute atomic E-state index is 0.0503. The Hall–Kier alpha value is -2.15. The van der Waals surface area contributed by atoms with Crippen molar-refractivity contribution in [2.75, 3.05) is 12.4 Å². The van der Waals surface area contributed by atoms with Gasteiger partial charge in [0.25, 0.3) is 0 Å². The number of rotatable bonds is 5. The van der Waals surface area contributed by atoms with Crippen LogP contribution in [0.25, 0.3) is 0 Å². The molecule has 7 heteroatoms. The van der Waals surface area contributed by atoms with E-state index >= 15 is 0 Å². The van der Waals surface area contributed by atoms with Gasteiger partial charge in [0.05, 0.1) is 18.9 Å². The molecule has 0 aromatic heterocycles. The third-order valence-electron chi connectivity index (χ3n) is 3.90. The second kappa shape index (κ2) is 7.39. The second-order valence-corrected chi connectivity index (χ2v) is 6.59. The molecule has 0 aliphatic carbocycles. The highest BCUT2D eigenvalue weighted by molar-refractivity contribution is 8.00. The van der Waals surface area contributed by atoms with Crippen LogP contribution in [0.1, 0.15) is 23.4 Å². The van der Waals surface area contributed by atoms with Gasteiger partial charge in [-0.2, -0.15) is 0 Å². The summed E-state index contributed by atoms with van der Waals surface area (Å²) in [6.07, 6.45) is 0. The molecule has 3 nitrogen and oxygen atoms in total. The molecule has 25 heavy (non-hydrogen) atoms. The van der Waals surface area contributed by atoms with Gasteiger partial charge < -0.3 is 9.64 Å². The molecule has 0 N–H and O–H groups in total. The molecule has 1 aliphatic rings. The Balaban J connectivity index is 1.84. The van der Waals surface area contributed by atoms with E-state index in [9.17, 15) is 18.0 Å². The molecule has 0 spiro atoms. The second-order valence-electron chi connectivity index (χ2n) is 5.52. The first-order valence-electron chi connectivity index (χ1n) is 7.77. The molecule has 1 fully saturated rings. The molecular weight excluding hydrogens is 351 g/mol. The van der Waals surface area contributed by atoms with Crippen LogP contribution in [-0.2, 0) is 11.3 Å². The summed E-state index contributed by atoms with van der Waals surface area (Å²) in [6, 6.07) is 9.33. The number of nitrogens with zero attached hydrogens (tertiary/aromatic N) is 1. The third kappa shape index (κ3) is 3.61. The monoisotopic (exact) mass is 367 g/mol. The van der Waals surface area contributed by atoms with Gasteiger partial charge in [-0.05, 0) is 30.7 Å². The average molecular weight is 367 g/mol. The molecule has 0 bridgehead atoms. The Morgan fingerprint density at radius 3 is 2.52 bits per heavy atom. The zero-order chi connectivity index (χ0) is 18.0. The van der Waals surface area contributed by atoms with Crippen LogP contribution in [0, 0.1) is 17.5 Å². The molecular formula is C18H16F3NO2S. The van der Waals surface area contributed by atoms with Crippen molar-refractivity contribution in [1.29, 1.82) is 0 Å². The highest BCUT2D eigenvalue weighted by atomic mass is 32.2. The molecule has 1 unspecified atom stereocenters. The maximum absolute atomic E-state index is 13.9. The van der Waals surface area contributed by atoms with Crippen LogP contribution in [0.4, 0.5) is 13.2 Å². The van der Waals surface area contributed by atoms with Crippen LogP contribution in [0.5, 0.6) is 5.75 Å². The summed E-state index contributed by atoms with van der Waals surface area (Å²) in [7, 11) is 0. The van der Waals surface area contributed by atoms with E-state index in [2.05, 4.69) is 0 Å². The van der Waals surface area contributed by atoms with Crippen molar-refractivity contribution in [3.63, 3.8) is 0 Å². The molecule has 3 rings (SSSR count). The van der Waals surface area contributed by atoms with E-state index < -0.39 is 17.5 Å². The predicted octanol–water partition coefficient (Wildman–Crippen LogP) is 4.28. The van der Waals surface area contributed by atoms with Gasteiger partial charge >= 0.3 is 0 Å². The van der Waals surface area contributed by atoms with E-state index in [0.29, 0.717) is 6.61 Å². The summed E-state index contributed by atoms with van der Waals surface area (Å²) in [5.41, 5.74) is 0.813. The lowest BCUT2D eigenvalue weighted by molar-refractivity contribution is -0.128. The van der Waals surface area contributed by atoms with Crippen molar-refractivity contribution in [3.05, 3.63) is 65.0 Å². The Labute approximate surface area is 147 Å². The molecule has 0 saturated carbocycles. The molecule has 1 heterocycles. The van der Waals surface area contributed by atoms with E-state index in [1.807, 2.05) is 19.1 Å². The van der Waals surface area contributed by atoms with Crippen LogP contribution in [0.2, 0.25) is 0 Å². The van der Waals surface area contributed by atoms with Gasteiger partial charge in [-0.15, -0.1) is 11.8 Å². The molecule has 0 radical (unpaired) electrons. The quantitative estimate of drug-likeness (QED) is 0.739. The smallest absolute Gasteiger partial charge is 0.234 e. The van der Waals surface area contributed by atoms with Crippen LogP contribution in [-0.4, -0.2) is 23.2 Å². The summed E-state index contributed by atoms with van der Waals surface area (Å²) in [6.45, 7) is 2.32. The molecule has 1 saturated heterocycles. The number of thioether (sulfide) groups is 1. The van der Waals surface area contributed by atoms with Crippen molar-refractivity contribution >= 4 is 17.7 Å². The maximum atomic E-state index is 13.9. The maximum Gasteiger partial charge on any atom is 0.234 e. The molecule has 1 aliphatic heterocycles. The van der Waals surface area contributed by atoms with Crippen molar-refractivity contribution in [1.82, 2.24) is 4.90 Å². The van der Waals surface area contributed by atoms with E-state index in [0.717, 1.165) is 17.4 Å². The Morgan fingerprint density at radius 2 is 1.84 bits per heavy atom. The summed E-state index contributed by atoms with van der Waals surface area (Å²) >= 11 is 1.41. The van der Waals surface area contributed by atoms with E-state index in [4.69, 9.17) is 4.74 Å². The van der Waals surface area contributed by atoms with Gasteiger partial charge in [-0.25, -0.2) is 13.2 Å². The number of carbonyl (C=O) groups excluding carboxylic acids is 1. The van der Waals surface area contributed by atoms with Crippen molar-refractivity contribution in [2.24, 2.45) is 0 Å². The summed E-state index contributed by atoms with van der Waals surface area (Å²) in [5.74, 6) is -3.22. The van der Waals surface area contributed by atoms with Crippen molar-refractivity contribution in [2.45, 2.75) is 18.8 Å². The first-order valence-corrected chi connectivity index (χ1v) is 8.82. The largest absolute Gasteiger partial charge is 0.494 e. The van der Waals surface area contributed by atoms with Gasteiger partial charge in [-0.3, -0.25) is 4.79 Å². The van der Waals surface area contributed by atoms with E-state index in [1.165, 1.54) is 22.7 Å². The highest BCUT2D eigenvalue weighted by Gasteiger charge is 2.33. The lowest BCUT2D eigenvalue weighted by Gasteiger charge is -2.24. The summed E-state index contributed by atoms with van der Waals surface area (Å²) < 4.78 is 45.8. The summed E-state index contributed by atoms with van der Waals surface area (Å²) in [5, 5.41) is -0.310. The number of hydrogen-bond donors (Lipinski definition) is 0. The first kappa shape index (κ1) is 17.7. The molecule has 1 amide bonds. The first-order chi connectivity index (χ1) is 12.0. The lowest BCUT2D eigenvalue weighted by Crippen LogP contribution is -2.28. The third-order valence-corrected chi connectivity index (χ3v) is 5.16. The average Bonchev–Trinajstić information content (AvgIpc) is 2.97. The van der Waals surface area contributed by atoms with Gasteiger partial charge in [0, 0.05) is 5.56 Å². The molecule has 132 valence electrons. The Morgan fingerprint density at radius 1 is 1.12 bits per heavy atom. The highest BCUT2D eigenvalue weighted by Crippen LogP contribution is 2.40. The van der Waals surface area contributed by atoms with Gasteiger partial charge in [0.2, 0.25) is 5.91 Å². The zero-order valence-corrected chi connectivity index (χ0v) is 14.3. The molecule has 2 aromatic rings. The summed E-state index contributed by atoms with van der Waals surface area (Å²) in [4.78, 5) is 13.7. The number of hydrogen-bond acceptors (Lipinski definition) is 3. The van der Waals surface area contributed by atoms with Crippen molar-refractivity contribution < 1.29 is 22.7 Å². The minimum Gasteiger partial charge on any atom is -0.494 e. The van der Waals surface area contributed by atoms with E-state index in [1.54, 1.807) is 12.1 Å². The fourth-order valence-electron chi connectivity index (χ4n) is 2.67. The van der Waals surface area contributed by atoms with Crippen LogP contribution >= 0.6 is 11.8 Å².